The Morgan fingerprint density at radius 2 is 1.61 bits per heavy atom. The summed E-state index contributed by atoms with van der Waals surface area (Å²) in [7, 11) is -3.46. The number of benzene rings is 3. The molecule has 33 heavy (non-hydrogen) atoms. The van der Waals surface area contributed by atoms with E-state index in [1.165, 1.54) is 18.3 Å². The number of hydrogen-bond acceptors (Lipinski definition) is 3. The minimum Gasteiger partial charge on any atom is -0.255 e. The predicted octanol–water partition coefficient (Wildman–Crippen LogP) is 7.34. The van der Waals surface area contributed by atoms with Gasteiger partial charge in [-0.05, 0) is 59.0 Å². The van der Waals surface area contributed by atoms with Crippen molar-refractivity contribution in [2.24, 2.45) is 0 Å². The Morgan fingerprint density at radius 3 is 2.27 bits per heavy atom. The predicted molar refractivity (Wildman–Crippen MR) is 125 cm³/mol. The van der Waals surface area contributed by atoms with Gasteiger partial charge in [-0.25, -0.2) is 8.42 Å². The summed E-state index contributed by atoms with van der Waals surface area (Å²) in [6.45, 7) is 3.35. The van der Waals surface area contributed by atoms with Crippen LogP contribution in [0, 0.1) is 6.92 Å². The second-order valence-corrected chi connectivity index (χ2v) is 10.3. The molecule has 0 aliphatic carbocycles. The average molecular weight is 490 g/mol. The van der Waals surface area contributed by atoms with E-state index in [1.54, 1.807) is 38.1 Å². The molecule has 4 aromatic rings. The normalized spacial score (nSPS) is 12.3. The molecule has 1 aromatic heterocycles. The van der Waals surface area contributed by atoms with E-state index >= 15 is 0 Å². The lowest BCUT2D eigenvalue weighted by molar-refractivity contribution is -0.136. The summed E-state index contributed by atoms with van der Waals surface area (Å²) < 4.78 is 65.0. The molecule has 0 saturated carbocycles. The highest BCUT2D eigenvalue weighted by molar-refractivity contribution is 7.91. The van der Waals surface area contributed by atoms with Crippen molar-refractivity contribution < 1.29 is 21.6 Å². The third kappa shape index (κ3) is 4.35. The molecule has 4 rings (SSSR count). The van der Waals surface area contributed by atoms with E-state index in [2.05, 4.69) is 4.98 Å². The Kier molecular flexibility index (Phi) is 5.97. The SMILES string of the molecule is CCS(=O)(=O)c1ccc(-c2cccc(-c3c(C)cnc4c(C(F)(F)F)cccc34)c2)cc1Cl. The summed E-state index contributed by atoms with van der Waals surface area (Å²) in [5.74, 6) is -0.0597. The second-order valence-electron chi connectivity index (χ2n) is 7.65. The molecule has 8 heteroatoms. The Labute approximate surface area is 194 Å². The average Bonchev–Trinajstić information content (AvgIpc) is 2.77. The zero-order chi connectivity index (χ0) is 24.0. The van der Waals surface area contributed by atoms with Crippen LogP contribution in [0.4, 0.5) is 13.2 Å². The monoisotopic (exact) mass is 489 g/mol. The summed E-state index contributed by atoms with van der Waals surface area (Å²) in [6, 6.07) is 16.1. The summed E-state index contributed by atoms with van der Waals surface area (Å²) in [5.41, 5.74) is 2.68. The second kappa shape index (κ2) is 8.47. The molecular weight excluding hydrogens is 471 g/mol. The molecule has 0 fully saturated rings. The molecule has 1 heterocycles. The smallest absolute Gasteiger partial charge is 0.255 e. The van der Waals surface area contributed by atoms with Crippen molar-refractivity contribution in [3.63, 3.8) is 0 Å². The number of nitrogens with zero attached hydrogens (tertiary/aromatic N) is 1. The number of rotatable bonds is 4. The van der Waals surface area contributed by atoms with E-state index in [1.807, 2.05) is 18.2 Å². The molecular formula is C25H19ClF3NO2S. The number of para-hydroxylation sites is 1. The molecule has 0 aliphatic heterocycles. The first-order valence-corrected chi connectivity index (χ1v) is 12.1. The van der Waals surface area contributed by atoms with E-state index in [0.717, 1.165) is 22.8 Å². The van der Waals surface area contributed by atoms with Crippen molar-refractivity contribution in [2.75, 3.05) is 5.75 Å². The first kappa shape index (κ1) is 23.3. The quantitative estimate of drug-likeness (QED) is 0.301. The zero-order valence-corrected chi connectivity index (χ0v) is 19.3. The maximum Gasteiger partial charge on any atom is 0.418 e. The Morgan fingerprint density at radius 1 is 0.939 bits per heavy atom. The van der Waals surface area contributed by atoms with Crippen LogP contribution in [0.3, 0.4) is 0 Å². The van der Waals surface area contributed by atoms with Crippen molar-refractivity contribution in [3.8, 4) is 22.3 Å². The molecule has 0 unspecified atom stereocenters. The highest BCUT2D eigenvalue weighted by Crippen LogP contribution is 2.39. The lowest BCUT2D eigenvalue weighted by atomic mass is 9.93. The van der Waals surface area contributed by atoms with Gasteiger partial charge in [0, 0.05) is 11.6 Å². The number of halogens is 4. The van der Waals surface area contributed by atoms with Gasteiger partial charge in [0.2, 0.25) is 0 Å². The van der Waals surface area contributed by atoms with Crippen molar-refractivity contribution in [2.45, 2.75) is 24.9 Å². The number of aromatic nitrogens is 1. The van der Waals surface area contributed by atoms with Gasteiger partial charge in [0.1, 0.15) is 0 Å². The Hall–Kier alpha value is -2.90. The molecule has 0 saturated heterocycles. The van der Waals surface area contributed by atoms with Crippen LogP contribution >= 0.6 is 11.6 Å². The van der Waals surface area contributed by atoms with Crippen LogP contribution in [-0.4, -0.2) is 19.2 Å². The van der Waals surface area contributed by atoms with Gasteiger partial charge < -0.3 is 0 Å². The fraction of sp³-hybridized carbons (Fsp3) is 0.160. The van der Waals surface area contributed by atoms with Gasteiger partial charge in [0.15, 0.2) is 9.84 Å². The Bertz CT molecular complexity index is 1480. The lowest BCUT2D eigenvalue weighted by Crippen LogP contribution is -2.07. The maximum atomic E-state index is 13.5. The van der Waals surface area contributed by atoms with Gasteiger partial charge in [-0.15, -0.1) is 0 Å². The molecule has 3 aromatic carbocycles. The summed E-state index contributed by atoms with van der Waals surface area (Å²) in [4.78, 5) is 4.14. The fourth-order valence-corrected chi connectivity index (χ4v) is 5.35. The van der Waals surface area contributed by atoms with Crippen LogP contribution in [0.2, 0.25) is 5.02 Å². The number of fused-ring (bicyclic) bond motifs is 1. The molecule has 0 aliphatic rings. The summed E-state index contributed by atoms with van der Waals surface area (Å²) >= 11 is 6.27. The number of sulfone groups is 1. The zero-order valence-electron chi connectivity index (χ0n) is 17.7. The minimum atomic E-state index is -4.52. The number of pyridine rings is 1. The lowest BCUT2D eigenvalue weighted by Gasteiger charge is -2.15. The third-order valence-electron chi connectivity index (χ3n) is 5.52. The maximum absolute atomic E-state index is 13.5. The van der Waals surface area contributed by atoms with Crippen molar-refractivity contribution >= 4 is 32.3 Å². The minimum absolute atomic E-state index is 0.0597. The van der Waals surface area contributed by atoms with Gasteiger partial charge in [0.25, 0.3) is 0 Å². The number of alkyl halides is 3. The molecule has 0 bridgehead atoms. The molecule has 0 spiro atoms. The summed E-state index contributed by atoms with van der Waals surface area (Å²) in [5, 5.41) is 0.532. The van der Waals surface area contributed by atoms with Crippen LogP contribution in [0.15, 0.2) is 71.8 Å². The molecule has 170 valence electrons. The van der Waals surface area contributed by atoms with E-state index in [9.17, 15) is 21.6 Å². The van der Waals surface area contributed by atoms with Crippen LogP contribution in [-0.2, 0) is 16.0 Å². The highest BCUT2D eigenvalue weighted by Gasteiger charge is 2.33. The first-order chi connectivity index (χ1) is 15.5. The van der Waals surface area contributed by atoms with E-state index in [0.29, 0.717) is 16.5 Å². The molecule has 0 amide bonds. The number of aryl methyl sites for hydroxylation is 1. The third-order valence-corrected chi connectivity index (χ3v) is 7.73. The standard InChI is InChI=1S/C25H19ClF3NO2S/c1-3-33(31,32)22-11-10-17(13-21(22)26)16-6-4-7-18(12-16)23-15(2)14-30-24-19(23)8-5-9-20(24)25(27,28)29/h4-14H,3H2,1-2H3. The van der Waals surface area contributed by atoms with Crippen molar-refractivity contribution in [1.29, 1.82) is 0 Å². The van der Waals surface area contributed by atoms with Gasteiger partial charge in [0.05, 0.1) is 26.8 Å². The summed E-state index contributed by atoms with van der Waals surface area (Å²) in [6.07, 6.45) is -3.07. The first-order valence-electron chi connectivity index (χ1n) is 10.1. The molecule has 0 radical (unpaired) electrons. The fourth-order valence-electron chi connectivity index (χ4n) is 3.88. The van der Waals surface area contributed by atoms with Crippen LogP contribution in [0.1, 0.15) is 18.1 Å². The Balaban J connectivity index is 1.88. The topological polar surface area (TPSA) is 47.0 Å². The van der Waals surface area contributed by atoms with E-state index in [4.69, 9.17) is 11.6 Å². The van der Waals surface area contributed by atoms with Gasteiger partial charge in [-0.3, -0.25) is 4.98 Å². The van der Waals surface area contributed by atoms with Gasteiger partial charge >= 0.3 is 6.18 Å². The molecule has 0 N–H and O–H groups in total. The van der Waals surface area contributed by atoms with E-state index < -0.39 is 21.6 Å². The molecule has 3 nitrogen and oxygen atoms in total. The van der Waals surface area contributed by atoms with E-state index in [-0.39, 0.29) is 21.2 Å². The van der Waals surface area contributed by atoms with Gasteiger partial charge in [-0.2, -0.15) is 13.2 Å². The van der Waals surface area contributed by atoms with Crippen molar-refractivity contribution in [3.05, 3.63) is 83.0 Å². The van der Waals surface area contributed by atoms with Crippen LogP contribution in [0.25, 0.3) is 33.2 Å². The van der Waals surface area contributed by atoms with Crippen molar-refractivity contribution in [1.82, 2.24) is 4.98 Å². The largest absolute Gasteiger partial charge is 0.418 e. The van der Waals surface area contributed by atoms with Crippen LogP contribution in [0.5, 0.6) is 0 Å². The molecule has 0 atom stereocenters. The highest BCUT2D eigenvalue weighted by atomic mass is 35.5. The van der Waals surface area contributed by atoms with Crippen LogP contribution < -0.4 is 0 Å². The van der Waals surface area contributed by atoms with Gasteiger partial charge in [-0.1, -0.05) is 54.9 Å². The number of hydrogen-bond donors (Lipinski definition) is 0.